The normalized spacial score (nSPS) is 24.2. The van der Waals surface area contributed by atoms with Crippen molar-refractivity contribution in [2.24, 2.45) is 0 Å². The van der Waals surface area contributed by atoms with Crippen molar-refractivity contribution >= 4 is 43.9 Å². The quantitative estimate of drug-likeness (QED) is 0.147. The van der Waals surface area contributed by atoms with Gasteiger partial charge in [0.2, 0.25) is 11.8 Å². The van der Waals surface area contributed by atoms with Crippen LogP contribution in [0.5, 0.6) is 5.88 Å². The Kier molecular flexibility index (Phi) is 8.67. The maximum Gasteiger partial charge on any atom is 0.494 e. The number of benzene rings is 2. The number of imidazole rings is 1. The predicted molar refractivity (Wildman–Crippen MR) is 158 cm³/mol. The molecule has 16 heteroatoms. The smallest absolute Gasteiger partial charge is 0.479 e. The fourth-order valence-corrected chi connectivity index (χ4v) is 6.04. The van der Waals surface area contributed by atoms with E-state index in [1.54, 1.807) is 4.57 Å². The van der Waals surface area contributed by atoms with E-state index in [-0.39, 0.29) is 25.0 Å². The number of nitrogens with zero attached hydrogens (tertiary/aromatic N) is 4. The van der Waals surface area contributed by atoms with Gasteiger partial charge in [0.25, 0.3) is 0 Å². The Balaban J connectivity index is 1.18. The highest BCUT2D eigenvalue weighted by Crippen LogP contribution is 2.48. The van der Waals surface area contributed by atoms with E-state index in [1.165, 1.54) is 20.4 Å². The first kappa shape index (κ1) is 30.2. The molecule has 44 heavy (non-hydrogen) atoms. The molecule has 4 aromatic rings. The van der Waals surface area contributed by atoms with E-state index in [2.05, 4.69) is 15.0 Å². The lowest BCUT2D eigenvalue weighted by atomic mass is 9.79. The van der Waals surface area contributed by atoms with Gasteiger partial charge in [0, 0.05) is 0 Å². The number of rotatable bonds is 11. The standard InChI is InChI=1S/C28H31BN5O9P/c1-17(25(35)38-14-18-10-6-4-7-11-18)42-44(36)39-15-20-22-28(2,43-29(41-22)19-12-8-5-9-13-19)26(40-20)34-16-31-21-23(34)32-27(30)33-24(21)37-3/h4-13,16-17,20,22,26,44H,14-15H2,1-3H3,(H2,30,32,33)/t17?,20-,22-,26?,28-/m1/s1. The molecule has 2 saturated heterocycles. The van der Waals surface area contributed by atoms with Gasteiger partial charge in [-0.25, -0.2) is 9.78 Å². The zero-order valence-electron chi connectivity index (χ0n) is 24.2. The number of hydrogen-bond acceptors (Lipinski definition) is 13. The van der Waals surface area contributed by atoms with Crippen LogP contribution in [0, 0.1) is 0 Å². The van der Waals surface area contributed by atoms with E-state index in [9.17, 15) is 9.36 Å². The number of fused-ring (bicyclic) bond motifs is 2. The van der Waals surface area contributed by atoms with Gasteiger partial charge >= 0.3 is 21.3 Å². The van der Waals surface area contributed by atoms with Gasteiger partial charge in [0.05, 0.1) is 20.0 Å². The van der Waals surface area contributed by atoms with Crippen LogP contribution in [-0.2, 0) is 43.8 Å². The summed E-state index contributed by atoms with van der Waals surface area (Å²) in [4.78, 5) is 25.3. The molecule has 2 fully saturated rings. The highest BCUT2D eigenvalue weighted by atomic mass is 31.1. The highest BCUT2D eigenvalue weighted by molar-refractivity contribution is 7.33. The van der Waals surface area contributed by atoms with Crippen molar-refractivity contribution in [3.8, 4) is 5.88 Å². The summed E-state index contributed by atoms with van der Waals surface area (Å²) >= 11 is 0. The Morgan fingerprint density at radius 2 is 1.89 bits per heavy atom. The van der Waals surface area contributed by atoms with E-state index in [4.69, 9.17) is 38.3 Å². The number of aromatic nitrogens is 4. The first-order chi connectivity index (χ1) is 21.3. The topological polar surface area (TPSA) is 168 Å². The average Bonchev–Trinajstić information content (AvgIpc) is 3.69. The van der Waals surface area contributed by atoms with Crippen LogP contribution in [0.4, 0.5) is 5.95 Å². The Morgan fingerprint density at radius 3 is 2.61 bits per heavy atom. The van der Waals surface area contributed by atoms with Gasteiger partial charge in [0.15, 0.2) is 23.5 Å². The molecule has 230 valence electrons. The largest absolute Gasteiger partial charge is 0.494 e. The zero-order chi connectivity index (χ0) is 30.8. The summed E-state index contributed by atoms with van der Waals surface area (Å²) in [5, 5.41) is 0. The third kappa shape index (κ3) is 5.94. The molecule has 14 nitrogen and oxygen atoms in total. The van der Waals surface area contributed by atoms with Crippen LogP contribution in [0.1, 0.15) is 25.6 Å². The number of esters is 1. The van der Waals surface area contributed by atoms with Crippen molar-refractivity contribution in [3.05, 3.63) is 72.6 Å². The SMILES string of the molecule is COc1nc(N)nc2c1ncn2C1O[C@H](CO[PH](=O)OC(C)C(=O)OCc2ccccc2)[C@H]2OB(c3ccccc3)O[C@@]12C. The highest BCUT2D eigenvalue weighted by Gasteiger charge is 2.63. The van der Waals surface area contributed by atoms with Crippen molar-refractivity contribution in [2.75, 3.05) is 19.5 Å². The lowest BCUT2D eigenvalue weighted by Crippen LogP contribution is -2.42. The van der Waals surface area contributed by atoms with Crippen LogP contribution in [-0.4, -0.2) is 70.2 Å². The molecular formula is C28H31BN5O9P. The van der Waals surface area contributed by atoms with E-state index in [0.717, 1.165) is 11.0 Å². The predicted octanol–water partition coefficient (Wildman–Crippen LogP) is 2.44. The monoisotopic (exact) mass is 623 g/mol. The third-order valence-electron chi connectivity index (χ3n) is 7.45. The average molecular weight is 623 g/mol. The van der Waals surface area contributed by atoms with Gasteiger partial charge < -0.3 is 33.8 Å². The molecule has 2 aliphatic heterocycles. The Bertz CT molecular complexity index is 1650. The first-order valence-electron chi connectivity index (χ1n) is 13.9. The molecule has 0 radical (unpaired) electrons. The van der Waals surface area contributed by atoms with Crippen molar-refractivity contribution < 1.29 is 41.9 Å². The van der Waals surface area contributed by atoms with Gasteiger partial charge in [-0.05, 0) is 24.9 Å². The summed E-state index contributed by atoms with van der Waals surface area (Å²) in [6.45, 7) is 3.18. The number of nitrogens with two attached hydrogens (primary N) is 1. The van der Waals surface area contributed by atoms with Crippen LogP contribution in [0.15, 0.2) is 67.0 Å². The van der Waals surface area contributed by atoms with Crippen LogP contribution >= 0.6 is 8.25 Å². The molecule has 2 N–H and O–H groups in total. The molecule has 2 aromatic carbocycles. The van der Waals surface area contributed by atoms with Crippen molar-refractivity contribution in [1.82, 2.24) is 19.5 Å². The zero-order valence-corrected chi connectivity index (χ0v) is 25.2. The van der Waals surface area contributed by atoms with Gasteiger partial charge in [-0.15, -0.1) is 0 Å². The number of ether oxygens (including phenoxy) is 3. The second-order valence-electron chi connectivity index (χ2n) is 10.5. The van der Waals surface area contributed by atoms with E-state index in [1.807, 2.05) is 67.6 Å². The third-order valence-corrected chi connectivity index (χ3v) is 8.39. The molecule has 0 aliphatic carbocycles. The maximum atomic E-state index is 12.8. The molecule has 0 spiro atoms. The summed E-state index contributed by atoms with van der Waals surface area (Å²) < 4.78 is 55.3. The van der Waals surface area contributed by atoms with Gasteiger partial charge in [-0.2, -0.15) is 9.97 Å². The second-order valence-corrected chi connectivity index (χ2v) is 11.5. The lowest BCUT2D eigenvalue weighted by molar-refractivity contribution is -0.152. The van der Waals surface area contributed by atoms with Crippen molar-refractivity contribution in [1.29, 1.82) is 0 Å². The number of carbonyl (C=O) groups excluding carboxylic acids is 1. The number of anilines is 1. The van der Waals surface area contributed by atoms with E-state index < -0.39 is 51.5 Å². The van der Waals surface area contributed by atoms with Crippen LogP contribution in [0.25, 0.3) is 11.2 Å². The van der Waals surface area contributed by atoms with E-state index >= 15 is 0 Å². The van der Waals surface area contributed by atoms with E-state index in [0.29, 0.717) is 11.2 Å². The van der Waals surface area contributed by atoms with Crippen molar-refractivity contribution in [2.45, 2.75) is 50.6 Å². The number of nitrogen functional groups attached to an aromatic ring is 1. The Labute approximate surface area is 253 Å². The minimum atomic E-state index is -3.13. The summed E-state index contributed by atoms with van der Waals surface area (Å²) in [6.07, 6.45) is -1.81. The molecule has 6 rings (SSSR count). The number of carbonyl (C=O) groups is 1. The minimum absolute atomic E-state index is 0.00593. The van der Waals surface area contributed by atoms with Gasteiger partial charge in [-0.1, -0.05) is 60.7 Å². The molecule has 6 atom stereocenters. The molecular weight excluding hydrogens is 592 g/mol. The maximum absolute atomic E-state index is 12.8. The summed E-state index contributed by atoms with van der Waals surface area (Å²) in [5.41, 5.74) is 7.26. The fourth-order valence-electron chi connectivity index (χ4n) is 5.29. The molecule has 0 bridgehead atoms. The summed E-state index contributed by atoms with van der Waals surface area (Å²) in [7, 11) is -2.38. The Hall–Kier alpha value is -3.85. The minimum Gasteiger partial charge on any atom is -0.479 e. The molecule has 0 amide bonds. The lowest BCUT2D eigenvalue weighted by Gasteiger charge is -2.29. The molecule has 2 aromatic heterocycles. The van der Waals surface area contributed by atoms with Crippen molar-refractivity contribution in [3.63, 3.8) is 0 Å². The molecule has 4 heterocycles. The van der Waals surface area contributed by atoms with Crippen LogP contribution in [0.3, 0.4) is 0 Å². The number of hydrogen-bond donors (Lipinski definition) is 1. The van der Waals surface area contributed by atoms with Gasteiger partial charge in [0.1, 0.15) is 24.4 Å². The molecule has 0 saturated carbocycles. The molecule has 3 unspecified atom stereocenters. The first-order valence-corrected chi connectivity index (χ1v) is 15.1. The van der Waals surface area contributed by atoms with Gasteiger partial charge in [-0.3, -0.25) is 13.7 Å². The van der Waals surface area contributed by atoms with Crippen LogP contribution in [0.2, 0.25) is 0 Å². The van der Waals surface area contributed by atoms with Crippen LogP contribution < -0.4 is 15.9 Å². The molecule has 2 aliphatic rings. The number of methoxy groups -OCH3 is 1. The Morgan fingerprint density at radius 1 is 1.16 bits per heavy atom. The second kappa shape index (κ2) is 12.6. The summed E-state index contributed by atoms with van der Waals surface area (Å²) in [5.74, 6) is -0.459. The fraction of sp³-hybridized carbons (Fsp3) is 0.357. The summed E-state index contributed by atoms with van der Waals surface area (Å²) in [6, 6.07) is 18.7.